The van der Waals surface area contributed by atoms with Crippen LogP contribution in [0.25, 0.3) is 0 Å². The molecular weight excluding hydrogens is 302 g/mol. The lowest BCUT2D eigenvalue weighted by Gasteiger charge is -2.27. The molecule has 0 aliphatic rings. The van der Waals surface area contributed by atoms with Crippen molar-refractivity contribution in [2.75, 3.05) is 6.61 Å². The molecule has 1 atom stereocenters. The lowest BCUT2D eigenvalue weighted by Crippen LogP contribution is -2.36. The van der Waals surface area contributed by atoms with Gasteiger partial charge in [-0.3, -0.25) is 14.9 Å². The molecule has 22 heavy (non-hydrogen) atoms. The Morgan fingerprint density at radius 2 is 2.14 bits per heavy atom. The van der Waals surface area contributed by atoms with Gasteiger partial charge in [0.15, 0.2) is 0 Å². The van der Waals surface area contributed by atoms with Gasteiger partial charge in [0.05, 0.1) is 16.9 Å². The Labute approximate surface area is 132 Å². The van der Waals surface area contributed by atoms with Gasteiger partial charge in [0, 0.05) is 23.4 Å². The summed E-state index contributed by atoms with van der Waals surface area (Å²) in [4.78, 5) is 24.0. The Kier molecular flexibility index (Phi) is 4.92. The first-order valence-electron chi connectivity index (χ1n) is 6.92. The minimum absolute atomic E-state index is 0.0285. The van der Waals surface area contributed by atoms with E-state index in [9.17, 15) is 14.9 Å². The fourth-order valence-corrected chi connectivity index (χ4v) is 3.17. The van der Waals surface area contributed by atoms with Crippen molar-refractivity contribution in [1.29, 1.82) is 0 Å². The number of ether oxygens (including phenoxy) is 1. The highest BCUT2D eigenvalue weighted by Gasteiger charge is 2.38. The molecule has 0 fully saturated rings. The third kappa shape index (κ3) is 3.33. The number of carbonyl (C=O) groups is 1. The summed E-state index contributed by atoms with van der Waals surface area (Å²) in [5.74, 6) is -0.371. The summed E-state index contributed by atoms with van der Waals surface area (Å²) < 4.78 is 5.21. The van der Waals surface area contributed by atoms with Gasteiger partial charge in [0.1, 0.15) is 0 Å². The zero-order valence-corrected chi connectivity index (χ0v) is 13.3. The second kappa shape index (κ2) is 6.70. The van der Waals surface area contributed by atoms with E-state index in [-0.39, 0.29) is 18.3 Å². The van der Waals surface area contributed by atoms with E-state index in [0.29, 0.717) is 12.0 Å². The normalized spacial score (nSPS) is 13.4. The predicted octanol–water partition coefficient (Wildman–Crippen LogP) is 3.72. The Morgan fingerprint density at radius 1 is 1.36 bits per heavy atom. The fraction of sp³-hybridized carbons (Fsp3) is 0.312. The number of nitrogens with zero attached hydrogens (tertiary/aromatic N) is 1. The smallest absolute Gasteiger partial charge is 0.316 e. The molecule has 5 nitrogen and oxygen atoms in total. The molecule has 0 saturated heterocycles. The topological polar surface area (TPSA) is 69.4 Å². The molecule has 116 valence electrons. The average Bonchev–Trinajstić information content (AvgIpc) is 3.00. The SMILES string of the molecule is CCOC(=O)C(C)(Cc1cccs1)c1cccc([N+](=O)[O-])c1. The molecule has 1 unspecified atom stereocenters. The highest BCUT2D eigenvalue weighted by molar-refractivity contribution is 7.09. The van der Waals surface area contributed by atoms with E-state index in [1.807, 2.05) is 17.5 Å². The Balaban J connectivity index is 2.45. The minimum atomic E-state index is -0.952. The van der Waals surface area contributed by atoms with E-state index in [0.717, 1.165) is 4.88 Å². The molecule has 0 saturated carbocycles. The Hall–Kier alpha value is -2.21. The van der Waals surface area contributed by atoms with Crippen molar-refractivity contribution in [3.63, 3.8) is 0 Å². The summed E-state index contributed by atoms with van der Waals surface area (Å²) in [6.07, 6.45) is 0.449. The van der Waals surface area contributed by atoms with Crippen LogP contribution < -0.4 is 0 Å². The number of hydrogen-bond acceptors (Lipinski definition) is 5. The zero-order valence-electron chi connectivity index (χ0n) is 12.4. The highest BCUT2D eigenvalue weighted by atomic mass is 32.1. The van der Waals surface area contributed by atoms with E-state index in [1.54, 1.807) is 37.3 Å². The third-order valence-electron chi connectivity index (χ3n) is 3.53. The fourth-order valence-electron chi connectivity index (χ4n) is 2.31. The van der Waals surface area contributed by atoms with Crippen molar-refractivity contribution >= 4 is 23.0 Å². The maximum atomic E-state index is 12.5. The van der Waals surface area contributed by atoms with E-state index in [4.69, 9.17) is 4.74 Å². The molecule has 0 aliphatic carbocycles. The van der Waals surface area contributed by atoms with Crippen LogP contribution in [0.3, 0.4) is 0 Å². The van der Waals surface area contributed by atoms with Crippen molar-refractivity contribution < 1.29 is 14.5 Å². The number of benzene rings is 1. The van der Waals surface area contributed by atoms with Crippen LogP contribution in [-0.2, 0) is 21.4 Å². The molecule has 2 rings (SSSR count). The lowest BCUT2D eigenvalue weighted by molar-refractivity contribution is -0.384. The van der Waals surface area contributed by atoms with Gasteiger partial charge in [-0.05, 0) is 30.9 Å². The number of hydrogen-bond donors (Lipinski definition) is 0. The summed E-state index contributed by atoms with van der Waals surface area (Å²) in [7, 11) is 0. The number of thiophene rings is 1. The first-order valence-corrected chi connectivity index (χ1v) is 7.80. The van der Waals surface area contributed by atoms with Gasteiger partial charge in [-0.1, -0.05) is 18.2 Å². The van der Waals surface area contributed by atoms with Gasteiger partial charge >= 0.3 is 5.97 Å². The molecule has 1 heterocycles. The van der Waals surface area contributed by atoms with E-state index < -0.39 is 10.3 Å². The van der Waals surface area contributed by atoms with Gasteiger partial charge in [-0.25, -0.2) is 0 Å². The minimum Gasteiger partial charge on any atom is -0.465 e. The summed E-state index contributed by atoms with van der Waals surface area (Å²) in [6.45, 7) is 3.79. The van der Waals surface area contributed by atoms with Gasteiger partial charge < -0.3 is 4.74 Å². The maximum Gasteiger partial charge on any atom is 0.316 e. The number of carbonyl (C=O) groups excluding carboxylic acids is 1. The van der Waals surface area contributed by atoms with E-state index in [2.05, 4.69) is 0 Å². The number of non-ortho nitro benzene ring substituents is 1. The van der Waals surface area contributed by atoms with Crippen molar-refractivity contribution in [2.24, 2.45) is 0 Å². The van der Waals surface area contributed by atoms with Crippen LogP contribution >= 0.6 is 11.3 Å². The van der Waals surface area contributed by atoms with Crippen molar-refractivity contribution in [1.82, 2.24) is 0 Å². The standard InChI is InChI=1S/C16H17NO4S/c1-3-21-15(18)16(2,11-14-8-5-9-22-14)12-6-4-7-13(10-12)17(19)20/h4-10H,3,11H2,1-2H3. The summed E-state index contributed by atoms with van der Waals surface area (Å²) in [5, 5.41) is 12.9. The van der Waals surface area contributed by atoms with Gasteiger partial charge in [0.25, 0.3) is 5.69 Å². The zero-order chi connectivity index (χ0) is 16.2. The summed E-state index contributed by atoms with van der Waals surface area (Å²) >= 11 is 1.55. The summed E-state index contributed by atoms with van der Waals surface area (Å²) in [5.41, 5.74) is -0.389. The van der Waals surface area contributed by atoms with Crippen LogP contribution in [0.15, 0.2) is 41.8 Å². The van der Waals surface area contributed by atoms with Gasteiger partial charge in [0.2, 0.25) is 0 Å². The molecular formula is C16H17NO4S. The van der Waals surface area contributed by atoms with Crippen LogP contribution in [0.5, 0.6) is 0 Å². The molecule has 0 spiro atoms. The number of nitro groups is 1. The predicted molar refractivity (Wildman–Crippen MR) is 85.1 cm³/mol. The second-order valence-corrected chi connectivity index (χ2v) is 6.15. The Morgan fingerprint density at radius 3 is 2.73 bits per heavy atom. The molecule has 0 radical (unpaired) electrons. The molecule has 0 amide bonds. The molecule has 0 aliphatic heterocycles. The maximum absolute atomic E-state index is 12.5. The third-order valence-corrected chi connectivity index (χ3v) is 4.40. The molecule has 2 aromatic rings. The van der Waals surface area contributed by atoms with Crippen molar-refractivity contribution in [2.45, 2.75) is 25.7 Å². The van der Waals surface area contributed by atoms with Gasteiger partial charge in [-0.15, -0.1) is 11.3 Å². The first kappa shape index (κ1) is 16.2. The molecule has 1 aromatic heterocycles. The monoisotopic (exact) mass is 319 g/mol. The molecule has 0 bridgehead atoms. The van der Waals surface area contributed by atoms with Crippen LogP contribution in [0.2, 0.25) is 0 Å². The summed E-state index contributed by atoms with van der Waals surface area (Å²) in [6, 6.07) is 10.1. The molecule has 6 heteroatoms. The van der Waals surface area contributed by atoms with Gasteiger partial charge in [-0.2, -0.15) is 0 Å². The lowest BCUT2D eigenvalue weighted by atomic mass is 9.79. The Bertz CT molecular complexity index is 669. The average molecular weight is 319 g/mol. The van der Waals surface area contributed by atoms with Crippen LogP contribution in [0.1, 0.15) is 24.3 Å². The van der Waals surface area contributed by atoms with Crippen molar-refractivity contribution in [3.05, 3.63) is 62.3 Å². The second-order valence-electron chi connectivity index (χ2n) is 5.12. The number of nitro benzene ring substituents is 1. The van der Waals surface area contributed by atoms with Crippen LogP contribution in [0, 0.1) is 10.1 Å². The highest BCUT2D eigenvalue weighted by Crippen LogP contribution is 2.33. The molecule has 0 N–H and O–H groups in total. The largest absolute Gasteiger partial charge is 0.465 e. The van der Waals surface area contributed by atoms with E-state index in [1.165, 1.54) is 12.1 Å². The van der Waals surface area contributed by atoms with Crippen LogP contribution in [0.4, 0.5) is 5.69 Å². The van der Waals surface area contributed by atoms with E-state index >= 15 is 0 Å². The first-order chi connectivity index (χ1) is 10.5. The molecule has 1 aromatic carbocycles. The quantitative estimate of drug-likeness (QED) is 0.462. The van der Waals surface area contributed by atoms with Crippen molar-refractivity contribution in [3.8, 4) is 0 Å². The van der Waals surface area contributed by atoms with Crippen LogP contribution in [-0.4, -0.2) is 17.5 Å². The number of esters is 1. The number of rotatable bonds is 6.